The van der Waals surface area contributed by atoms with Gasteiger partial charge in [-0.25, -0.2) is 18.5 Å². The molecule has 2 aromatic carbocycles. The Kier molecular flexibility index (Phi) is 9.86. The van der Waals surface area contributed by atoms with Crippen LogP contribution in [0.25, 0.3) is 15.2 Å². The number of ether oxygens (including phenoxy) is 4. The van der Waals surface area contributed by atoms with Crippen LogP contribution in [0.4, 0.5) is 4.39 Å². The van der Waals surface area contributed by atoms with Gasteiger partial charge in [-0.15, -0.1) is 4.80 Å². The number of hydrogen-bond donors (Lipinski definition) is 0. The van der Waals surface area contributed by atoms with Gasteiger partial charge in [0.25, 0.3) is 5.56 Å². The number of hydrogen-bond acceptors (Lipinski definition) is 10. The topological polar surface area (TPSA) is 129 Å². The first-order chi connectivity index (χ1) is 21.7. The Morgan fingerprint density at radius 2 is 1.78 bits per heavy atom. The molecule has 0 N–H and O–H groups in total. The summed E-state index contributed by atoms with van der Waals surface area (Å²) in [6, 6.07) is 11.8. The summed E-state index contributed by atoms with van der Waals surface area (Å²) in [5.74, 6) is -0.939. The van der Waals surface area contributed by atoms with Crippen molar-refractivity contribution in [2.75, 3.05) is 27.4 Å². The molecule has 3 aromatic heterocycles. The van der Waals surface area contributed by atoms with Crippen molar-refractivity contribution < 1.29 is 28.1 Å². The molecule has 0 saturated heterocycles. The minimum atomic E-state index is -1.27. The third kappa shape index (κ3) is 6.57. The smallest absolute Gasteiger partial charge is 0.333 e. The number of methoxy groups -OCH3 is 2. The van der Waals surface area contributed by atoms with E-state index in [0.717, 1.165) is 21.5 Å². The highest BCUT2D eigenvalue weighted by Crippen LogP contribution is 2.34. The van der Waals surface area contributed by atoms with E-state index in [1.807, 2.05) is 18.2 Å². The molecule has 236 valence electrons. The maximum atomic E-state index is 14.5. The fourth-order valence-electron chi connectivity index (χ4n) is 4.96. The van der Waals surface area contributed by atoms with Crippen LogP contribution in [0.2, 0.25) is 0 Å². The molecule has 0 fully saturated rings. The average molecular weight is 638 g/mol. The van der Waals surface area contributed by atoms with E-state index in [1.54, 1.807) is 19.1 Å². The van der Waals surface area contributed by atoms with Crippen LogP contribution in [0.1, 0.15) is 35.8 Å². The lowest BCUT2D eigenvalue weighted by atomic mass is 10.1. The summed E-state index contributed by atoms with van der Waals surface area (Å²) in [7, 11) is 2.96. The number of benzene rings is 2. The minimum Gasteiger partial charge on any atom is -0.496 e. The number of rotatable bonds is 13. The molecule has 0 saturated carbocycles. The maximum Gasteiger partial charge on any atom is 0.333 e. The van der Waals surface area contributed by atoms with Crippen molar-refractivity contribution in [2.24, 2.45) is 0 Å². The third-order valence-electron chi connectivity index (χ3n) is 7.26. The standard InChI is InChI=1S/C31H32FN5O7S/c1-19-26-27(38)36(20(2)30(39)44-18-21-8-6-5-7-9-21)31(40)35(29(26)45-28(19)37-33-12-13-34-37)17-25(43-15-14-41-3)23-16-22(32)10-11-24(23)42-4/h5-13,16,20,25H,14-15,17-18H2,1-4H3/t20?,25-/m0/s1. The Bertz CT molecular complexity index is 1900. The van der Waals surface area contributed by atoms with E-state index in [4.69, 9.17) is 18.9 Å². The van der Waals surface area contributed by atoms with E-state index >= 15 is 0 Å². The van der Waals surface area contributed by atoms with Crippen LogP contribution in [0.3, 0.4) is 0 Å². The van der Waals surface area contributed by atoms with Gasteiger partial charge in [-0.05, 0) is 37.6 Å². The molecule has 14 heteroatoms. The number of aromatic nitrogens is 5. The zero-order valence-electron chi connectivity index (χ0n) is 25.1. The van der Waals surface area contributed by atoms with Gasteiger partial charge in [-0.2, -0.15) is 10.2 Å². The van der Waals surface area contributed by atoms with Crippen LogP contribution in [0.5, 0.6) is 5.75 Å². The Morgan fingerprint density at radius 3 is 2.47 bits per heavy atom. The number of esters is 1. The Labute approximate surface area is 261 Å². The summed E-state index contributed by atoms with van der Waals surface area (Å²) < 4.78 is 39.0. The van der Waals surface area contributed by atoms with Crippen LogP contribution < -0.4 is 16.0 Å². The van der Waals surface area contributed by atoms with Crippen LogP contribution in [-0.2, 0) is 32.2 Å². The van der Waals surface area contributed by atoms with Gasteiger partial charge in [0.15, 0.2) is 0 Å². The van der Waals surface area contributed by atoms with Crippen molar-refractivity contribution in [2.45, 2.75) is 39.1 Å². The summed E-state index contributed by atoms with van der Waals surface area (Å²) in [6.07, 6.45) is 2.08. The number of nitrogens with zero attached hydrogens (tertiary/aromatic N) is 5. The summed E-state index contributed by atoms with van der Waals surface area (Å²) in [5, 5.41) is 9.12. The molecule has 3 heterocycles. The SMILES string of the molecule is COCCO[C@@H](Cn1c(=O)n(C(C)C(=O)OCc2ccccc2)c(=O)c2c(C)c(-n3nccn3)sc21)c1cc(F)ccc1OC. The highest BCUT2D eigenvalue weighted by atomic mass is 32.1. The molecule has 0 aliphatic carbocycles. The molecular weight excluding hydrogens is 605 g/mol. The molecule has 0 spiro atoms. The van der Waals surface area contributed by atoms with Gasteiger partial charge in [0.1, 0.15) is 40.2 Å². The van der Waals surface area contributed by atoms with Crippen LogP contribution in [0.15, 0.2) is 70.5 Å². The first-order valence-electron chi connectivity index (χ1n) is 14.0. The van der Waals surface area contributed by atoms with Gasteiger partial charge < -0.3 is 18.9 Å². The van der Waals surface area contributed by atoms with Gasteiger partial charge >= 0.3 is 11.7 Å². The van der Waals surface area contributed by atoms with E-state index in [9.17, 15) is 18.8 Å². The van der Waals surface area contributed by atoms with E-state index in [-0.39, 0.29) is 31.8 Å². The number of carbonyl (C=O) groups is 1. The lowest BCUT2D eigenvalue weighted by Gasteiger charge is -2.23. The molecule has 0 amide bonds. The fraction of sp³-hybridized carbons (Fsp3) is 0.323. The molecule has 2 atom stereocenters. The Morgan fingerprint density at radius 1 is 1.04 bits per heavy atom. The first kappa shape index (κ1) is 31.8. The lowest BCUT2D eigenvalue weighted by molar-refractivity contribution is -0.148. The number of halogens is 1. The number of thiophene rings is 1. The Balaban J connectivity index is 1.66. The molecule has 12 nitrogen and oxygen atoms in total. The summed E-state index contributed by atoms with van der Waals surface area (Å²) in [4.78, 5) is 43.2. The molecule has 0 bridgehead atoms. The second-order valence-corrected chi connectivity index (χ2v) is 11.1. The number of aryl methyl sites for hydroxylation is 1. The first-order valence-corrected chi connectivity index (χ1v) is 14.9. The van der Waals surface area contributed by atoms with Crippen LogP contribution in [-0.4, -0.2) is 57.5 Å². The zero-order valence-corrected chi connectivity index (χ0v) is 26.0. The monoisotopic (exact) mass is 637 g/mol. The summed E-state index contributed by atoms with van der Waals surface area (Å²) >= 11 is 1.14. The predicted octanol–water partition coefficient (Wildman–Crippen LogP) is 3.97. The van der Waals surface area contributed by atoms with Gasteiger partial charge in [0.05, 0.1) is 44.6 Å². The predicted molar refractivity (Wildman–Crippen MR) is 164 cm³/mol. The average Bonchev–Trinajstić information content (AvgIpc) is 3.69. The van der Waals surface area contributed by atoms with E-state index in [1.165, 1.54) is 61.1 Å². The molecule has 45 heavy (non-hydrogen) atoms. The molecule has 1 unspecified atom stereocenters. The summed E-state index contributed by atoms with van der Waals surface area (Å²) in [6.45, 7) is 3.32. The summed E-state index contributed by atoms with van der Waals surface area (Å²) in [5.41, 5.74) is 0.187. The minimum absolute atomic E-state index is 0.0312. The molecule has 0 radical (unpaired) electrons. The lowest BCUT2D eigenvalue weighted by Crippen LogP contribution is -2.44. The highest BCUT2D eigenvalue weighted by Gasteiger charge is 2.29. The van der Waals surface area contributed by atoms with Gasteiger partial charge in [0.2, 0.25) is 0 Å². The van der Waals surface area contributed by atoms with Crippen LogP contribution in [0, 0.1) is 12.7 Å². The van der Waals surface area contributed by atoms with Crippen molar-refractivity contribution in [1.82, 2.24) is 24.1 Å². The van der Waals surface area contributed by atoms with Crippen molar-refractivity contribution in [3.63, 3.8) is 0 Å². The second kappa shape index (κ2) is 14.0. The fourth-order valence-corrected chi connectivity index (χ4v) is 6.18. The molecule has 5 rings (SSSR count). The molecule has 0 aliphatic heterocycles. The van der Waals surface area contributed by atoms with Crippen LogP contribution >= 0.6 is 11.3 Å². The van der Waals surface area contributed by atoms with Crippen molar-refractivity contribution in [3.05, 3.63) is 104 Å². The van der Waals surface area contributed by atoms with Gasteiger partial charge in [0, 0.05) is 18.2 Å². The quantitative estimate of drug-likeness (QED) is 0.139. The molecule has 0 aliphatic rings. The normalized spacial score (nSPS) is 12.7. The highest BCUT2D eigenvalue weighted by molar-refractivity contribution is 7.21. The van der Waals surface area contributed by atoms with Crippen molar-refractivity contribution in [3.8, 4) is 10.8 Å². The Hall–Kier alpha value is -4.66. The van der Waals surface area contributed by atoms with Crippen molar-refractivity contribution in [1.29, 1.82) is 0 Å². The van der Waals surface area contributed by atoms with E-state index < -0.39 is 35.2 Å². The van der Waals surface area contributed by atoms with Gasteiger partial charge in [-0.3, -0.25) is 9.36 Å². The third-order valence-corrected chi connectivity index (χ3v) is 8.54. The number of carbonyl (C=O) groups excluding carboxylic acids is 1. The second-order valence-electron chi connectivity index (χ2n) is 10.1. The molecular formula is C31H32FN5O7S. The number of fused-ring (bicyclic) bond motifs is 1. The van der Waals surface area contributed by atoms with Gasteiger partial charge in [-0.1, -0.05) is 41.7 Å². The van der Waals surface area contributed by atoms with E-state index in [0.29, 0.717) is 26.7 Å². The maximum absolute atomic E-state index is 14.5. The van der Waals surface area contributed by atoms with E-state index in [2.05, 4.69) is 10.2 Å². The zero-order chi connectivity index (χ0) is 32.1. The van der Waals surface area contributed by atoms with Crippen molar-refractivity contribution >= 4 is 27.5 Å². The largest absolute Gasteiger partial charge is 0.496 e. The molecule has 5 aromatic rings.